The lowest BCUT2D eigenvalue weighted by molar-refractivity contribution is 0.0831. The molecule has 0 fully saturated rings. The number of ether oxygens (including phenoxy) is 1. The van der Waals surface area contributed by atoms with E-state index in [1.165, 1.54) is 16.8 Å². The Morgan fingerprint density at radius 3 is 2.68 bits per heavy atom. The Bertz CT molecular complexity index is 1460. The number of aliphatic hydroxyl groups excluding tert-OH is 1. The number of nitrogens with one attached hydrogen (secondary N) is 2. The first-order chi connectivity index (χ1) is 18.2. The number of rotatable bonds is 13. The molecule has 4 rings (SSSR count). The number of aliphatic hydroxyl groups is 1. The molecule has 0 saturated heterocycles. The van der Waals surface area contributed by atoms with E-state index >= 15 is 0 Å². The number of fused-ring (bicyclic) bond motifs is 1. The van der Waals surface area contributed by atoms with Crippen LogP contribution in [0.3, 0.4) is 0 Å². The van der Waals surface area contributed by atoms with Crippen LogP contribution in [0.15, 0.2) is 59.6 Å². The van der Waals surface area contributed by atoms with Gasteiger partial charge in [0.1, 0.15) is 18.5 Å². The van der Waals surface area contributed by atoms with Crippen molar-refractivity contribution in [3.8, 4) is 11.4 Å². The number of benzene rings is 2. The number of anilines is 2. The van der Waals surface area contributed by atoms with Crippen LogP contribution in [0.25, 0.3) is 16.9 Å². The molecule has 0 spiro atoms. The predicted molar refractivity (Wildman–Crippen MR) is 144 cm³/mol. The molecule has 0 aliphatic heterocycles. The predicted octanol–water partition coefficient (Wildman–Crippen LogP) is 2.33. The summed E-state index contributed by atoms with van der Waals surface area (Å²) < 4.78 is 35.1. The van der Waals surface area contributed by atoms with Gasteiger partial charge in [-0.25, -0.2) is 18.1 Å². The third-order valence-electron chi connectivity index (χ3n) is 5.52. The highest BCUT2D eigenvalue weighted by molar-refractivity contribution is 7.89. The minimum Gasteiger partial charge on any atom is -0.491 e. The van der Waals surface area contributed by atoms with Crippen LogP contribution in [0.1, 0.15) is 19.8 Å². The molecule has 13 heteroatoms. The number of likely N-dealkylation sites (N-methyl/N-ethyl adjacent to an activating group) is 1. The van der Waals surface area contributed by atoms with E-state index < -0.39 is 16.1 Å². The van der Waals surface area contributed by atoms with Crippen molar-refractivity contribution in [2.45, 2.75) is 30.8 Å². The molecule has 3 N–H and O–H groups in total. The molecule has 2 aromatic carbocycles. The van der Waals surface area contributed by atoms with Gasteiger partial charge in [0, 0.05) is 18.8 Å². The SMILES string of the molecule is CCCCNS(=O)(=O)c1cccc(-n2nnc3cnc(Nc4ccc(OCC(O)CN(C)C)cc4)nc32)c1. The van der Waals surface area contributed by atoms with Gasteiger partial charge < -0.3 is 20.1 Å². The molecule has 1 atom stereocenters. The fourth-order valence-corrected chi connectivity index (χ4v) is 4.75. The Kier molecular flexibility index (Phi) is 8.84. The molecule has 4 aromatic rings. The summed E-state index contributed by atoms with van der Waals surface area (Å²) in [6.07, 6.45) is 2.61. The van der Waals surface area contributed by atoms with Gasteiger partial charge in [0.15, 0.2) is 11.2 Å². The molecule has 0 bridgehead atoms. The fourth-order valence-electron chi connectivity index (χ4n) is 3.64. The highest BCUT2D eigenvalue weighted by atomic mass is 32.2. The van der Waals surface area contributed by atoms with Crippen LogP contribution < -0.4 is 14.8 Å². The number of nitrogens with zero attached hydrogens (tertiary/aromatic N) is 6. The quantitative estimate of drug-likeness (QED) is 0.216. The third kappa shape index (κ3) is 7.01. The van der Waals surface area contributed by atoms with Crippen LogP contribution in [0.4, 0.5) is 11.6 Å². The summed E-state index contributed by atoms with van der Waals surface area (Å²) in [7, 11) is 0.130. The van der Waals surface area contributed by atoms with Gasteiger partial charge in [-0.05, 0) is 63.0 Å². The molecule has 2 heterocycles. The molecule has 0 amide bonds. The van der Waals surface area contributed by atoms with Gasteiger partial charge in [-0.1, -0.05) is 24.6 Å². The first-order valence-electron chi connectivity index (χ1n) is 12.3. The zero-order chi connectivity index (χ0) is 27.1. The number of hydrogen-bond donors (Lipinski definition) is 3. The van der Waals surface area contributed by atoms with Gasteiger partial charge in [-0.15, -0.1) is 5.10 Å². The fraction of sp³-hybridized carbons (Fsp3) is 0.360. The zero-order valence-corrected chi connectivity index (χ0v) is 22.4. The average Bonchev–Trinajstić information content (AvgIpc) is 3.31. The Labute approximate surface area is 221 Å². The van der Waals surface area contributed by atoms with Gasteiger partial charge in [-0.2, -0.15) is 9.67 Å². The van der Waals surface area contributed by atoms with Crippen LogP contribution in [0.5, 0.6) is 5.75 Å². The van der Waals surface area contributed by atoms with Gasteiger partial charge >= 0.3 is 0 Å². The maximum absolute atomic E-state index is 12.7. The van der Waals surface area contributed by atoms with Crippen LogP contribution in [0.2, 0.25) is 0 Å². The van der Waals surface area contributed by atoms with Crippen molar-refractivity contribution in [2.24, 2.45) is 0 Å². The second kappa shape index (κ2) is 12.3. The van der Waals surface area contributed by atoms with E-state index in [1.807, 2.05) is 38.1 Å². The molecule has 0 saturated carbocycles. The van der Waals surface area contributed by atoms with Crippen molar-refractivity contribution in [3.63, 3.8) is 0 Å². The van der Waals surface area contributed by atoms with E-state index in [0.29, 0.717) is 41.6 Å². The molecule has 38 heavy (non-hydrogen) atoms. The topological polar surface area (TPSA) is 147 Å². The zero-order valence-electron chi connectivity index (χ0n) is 21.6. The van der Waals surface area contributed by atoms with E-state index in [9.17, 15) is 13.5 Å². The first-order valence-corrected chi connectivity index (χ1v) is 13.7. The summed E-state index contributed by atoms with van der Waals surface area (Å²) in [5, 5.41) is 21.4. The van der Waals surface area contributed by atoms with Gasteiger partial charge in [0.25, 0.3) is 0 Å². The smallest absolute Gasteiger partial charge is 0.240 e. The molecule has 202 valence electrons. The number of aromatic nitrogens is 5. The van der Waals surface area contributed by atoms with Gasteiger partial charge in [-0.3, -0.25) is 0 Å². The van der Waals surface area contributed by atoms with Crippen molar-refractivity contribution >= 4 is 32.8 Å². The second-order valence-electron chi connectivity index (χ2n) is 9.03. The van der Waals surface area contributed by atoms with E-state index in [-0.39, 0.29) is 11.5 Å². The third-order valence-corrected chi connectivity index (χ3v) is 6.97. The summed E-state index contributed by atoms with van der Waals surface area (Å²) in [6.45, 7) is 3.09. The maximum atomic E-state index is 12.7. The number of sulfonamides is 1. The Hall–Kier alpha value is -3.65. The minimum absolute atomic E-state index is 0.138. The summed E-state index contributed by atoms with van der Waals surface area (Å²) in [4.78, 5) is 10.9. The van der Waals surface area contributed by atoms with Gasteiger partial charge in [0.05, 0.1) is 16.8 Å². The largest absolute Gasteiger partial charge is 0.491 e. The lowest BCUT2D eigenvalue weighted by Gasteiger charge is -2.16. The monoisotopic (exact) mass is 540 g/mol. The number of unbranched alkanes of at least 4 members (excludes halogenated alkanes) is 1. The average molecular weight is 541 g/mol. The standard InChI is InChI=1S/C25H32N8O4S/c1-4-5-13-27-38(35,36)22-8-6-7-19(14-22)33-24-23(30-31-33)15-26-25(29-24)28-18-9-11-21(12-10-18)37-17-20(34)16-32(2)3/h6-12,14-15,20,27,34H,4-5,13,16-17H2,1-3H3,(H,26,28,29). The Morgan fingerprint density at radius 2 is 1.95 bits per heavy atom. The van der Waals surface area contributed by atoms with E-state index in [0.717, 1.165) is 18.5 Å². The molecular weight excluding hydrogens is 508 g/mol. The van der Waals surface area contributed by atoms with Gasteiger partial charge in [0.2, 0.25) is 16.0 Å². The summed E-state index contributed by atoms with van der Waals surface area (Å²) >= 11 is 0. The van der Waals surface area contributed by atoms with Crippen LogP contribution in [-0.2, 0) is 10.0 Å². The summed E-state index contributed by atoms with van der Waals surface area (Å²) in [5.41, 5.74) is 2.13. The molecule has 1 unspecified atom stereocenters. The van der Waals surface area contributed by atoms with Crippen molar-refractivity contribution in [3.05, 3.63) is 54.7 Å². The van der Waals surface area contributed by atoms with Crippen molar-refractivity contribution in [1.29, 1.82) is 0 Å². The van der Waals surface area contributed by atoms with Crippen LogP contribution >= 0.6 is 0 Å². The van der Waals surface area contributed by atoms with E-state index in [2.05, 4.69) is 30.3 Å². The molecular formula is C25H32N8O4S. The molecule has 2 aromatic heterocycles. The lowest BCUT2D eigenvalue weighted by atomic mass is 10.3. The minimum atomic E-state index is -3.65. The maximum Gasteiger partial charge on any atom is 0.240 e. The molecule has 0 radical (unpaired) electrons. The Morgan fingerprint density at radius 1 is 1.16 bits per heavy atom. The molecule has 0 aliphatic carbocycles. The normalized spacial score (nSPS) is 12.7. The summed E-state index contributed by atoms with van der Waals surface area (Å²) in [5.74, 6) is 0.951. The highest BCUT2D eigenvalue weighted by Crippen LogP contribution is 2.21. The van der Waals surface area contributed by atoms with E-state index in [1.54, 1.807) is 30.5 Å². The van der Waals surface area contributed by atoms with Crippen molar-refractivity contribution in [1.82, 2.24) is 34.6 Å². The first kappa shape index (κ1) is 27.4. The second-order valence-corrected chi connectivity index (χ2v) is 10.8. The molecule has 12 nitrogen and oxygen atoms in total. The lowest BCUT2D eigenvalue weighted by Crippen LogP contribution is -2.30. The van der Waals surface area contributed by atoms with Crippen LogP contribution in [-0.4, -0.2) is 83.3 Å². The van der Waals surface area contributed by atoms with Crippen molar-refractivity contribution in [2.75, 3.05) is 39.1 Å². The highest BCUT2D eigenvalue weighted by Gasteiger charge is 2.16. The molecule has 0 aliphatic rings. The van der Waals surface area contributed by atoms with E-state index in [4.69, 9.17) is 4.74 Å². The number of hydrogen-bond acceptors (Lipinski definition) is 10. The Balaban J connectivity index is 1.49. The van der Waals surface area contributed by atoms with Crippen LogP contribution in [0, 0.1) is 0 Å². The summed E-state index contributed by atoms with van der Waals surface area (Å²) in [6, 6.07) is 13.7. The van der Waals surface area contributed by atoms with Crippen molar-refractivity contribution < 1.29 is 18.3 Å².